The highest BCUT2D eigenvalue weighted by molar-refractivity contribution is 6.30. The molecule has 1 amide bonds. The van der Waals surface area contributed by atoms with Gasteiger partial charge in [0.05, 0.1) is 17.1 Å². The molecule has 7 nitrogen and oxygen atoms in total. The fraction of sp³-hybridized carbons (Fsp3) is 0.391. The number of fused-ring (bicyclic) bond motifs is 1. The number of rotatable bonds is 8. The second-order valence-electron chi connectivity index (χ2n) is 7.98. The standard InChI is InChI=1S/C23H27ClN4O3/c1-14(2)20-11-18(19-12-26-28(15(3)4)22(19)27-20)23(30)31-13-21(29)25-9-8-16-6-5-7-17(24)10-16/h5-7,10-12,14-15H,8-9,13H2,1-4H3,(H,25,29). The molecular formula is C23H27ClN4O3. The van der Waals surface area contributed by atoms with Crippen LogP contribution in [0.15, 0.2) is 36.5 Å². The van der Waals surface area contributed by atoms with Crippen molar-refractivity contribution in [2.75, 3.05) is 13.2 Å². The fourth-order valence-electron chi connectivity index (χ4n) is 3.18. The quantitative estimate of drug-likeness (QED) is 0.525. The SMILES string of the molecule is CC(C)c1cc(C(=O)OCC(=O)NCCc2cccc(Cl)c2)c2cnn(C(C)C)c2n1. The number of carbonyl (C=O) groups is 2. The normalized spacial score (nSPS) is 11.3. The zero-order chi connectivity index (χ0) is 22.5. The van der Waals surface area contributed by atoms with Crippen LogP contribution in [0, 0.1) is 0 Å². The van der Waals surface area contributed by atoms with Crippen molar-refractivity contribution in [2.45, 2.75) is 46.1 Å². The van der Waals surface area contributed by atoms with Crippen molar-refractivity contribution in [1.82, 2.24) is 20.1 Å². The Hall–Kier alpha value is -2.93. The summed E-state index contributed by atoms with van der Waals surface area (Å²) in [5, 5.41) is 8.39. The Kier molecular flexibility index (Phi) is 7.28. The molecule has 0 radical (unpaired) electrons. The van der Waals surface area contributed by atoms with Crippen LogP contribution in [0.3, 0.4) is 0 Å². The maximum Gasteiger partial charge on any atom is 0.339 e. The zero-order valence-corrected chi connectivity index (χ0v) is 18.9. The van der Waals surface area contributed by atoms with Crippen LogP contribution in [0.2, 0.25) is 5.02 Å². The number of nitrogens with one attached hydrogen (secondary N) is 1. The van der Waals surface area contributed by atoms with Crippen LogP contribution in [-0.4, -0.2) is 39.8 Å². The Bertz CT molecular complexity index is 1090. The number of carbonyl (C=O) groups excluding carboxylic acids is 2. The summed E-state index contributed by atoms with van der Waals surface area (Å²) in [7, 11) is 0. The van der Waals surface area contributed by atoms with Gasteiger partial charge in [-0.3, -0.25) is 4.79 Å². The van der Waals surface area contributed by atoms with Gasteiger partial charge in [-0.25, -0.2) is 14.5 Å². The van der Waals surface area contributed by atoms with E-state index in [-0.39, 0.29) is 24.5 Å². The summed E-state index contributed by atoms with van der Waals surface area (Å²) in [6.45, 7) is 8.09. The molecule has 0 saturated heterocycles. The third-order valence-electron chi connectivity index (χ3n) is 4.85. The van der Waals surface area contributed by atoms with Crippen LogP contribution in [0.1, 0.15) is 61.3 Å². The third kappa shape index (κ3) is 5.61. The van der Waals surface area contributed by atoms with Gasteiger partial charge in [-0.2, -0.15) is 5.10 Å². The van der Waals surface area contributed by atoms with E-state index < -0.39 is 5.97 Å². The Balaban J connectivity index is 1.65. The van der Waals surface area contributed by atoms with E-state index in [4.69, 9.17) is 16.3 Å². The largest absolute Gasteiger partial charge is 0.452 e. The molecule has 0 spiro atoms. The summed E-state index contributed by atoms with van der Waals surface area (Å²) in [6.07, 6.45) is 2.26. The zero-order valence-electron chi connectivity index (χ0n) is 18.2. The molecule has 164 valence electrons. The fourth-order valence-corrected chi connectivity index (χ4v) is 3.39. The van der Waals surface area contributed by atoms with Gasteiger partial charge in [0.15, 0.2) is 12.3 Å². The molecule has 2 heterocycles. The van der Waals surface area contributed by atoms with Crippen LogP contribution in [0.5, 0.6) is 0 Å². The van der Waals surface area contributed by atoms with Gasteiger partial charge in [0, 0.05) is 23.3 Å². The first-order chi connectivity index (χ1) is 14.8. The molecule has 0 fully saturated rings. The lowest BCUT2D eigenvalue weighted by Crippen LogP contribution is -2.30. The first-order valence-electron chi connectivity index (χ1n) is 10.3. The lowest BCUT2D eigenvalue weighted by atomic mass is 10.1. The average Bonchev–Trinajstić information content (AvgIpc) is 3.15. The van der Waals surface area contributed by atoms with Crippen molar-refractivity contribution in [2.24, 2.45) is 0 Å². The van der Waals surface area contributed by atoms with Gasteiger partial charge in [-0.1, -0.05) is 37.6 Å². The van der Waals surface area contributed by atoms with Gasteiger partial charge in [-0.05, 0) is 49.9 Å². The molecule has 0 saturated carbocycles. The lowest BCUT2D eigenvalue weighted by Gasteiger charge is -2.12. The molecular weight excluding hydrogens is 416 g/mol. The molecule has 3 rings (SSSR count). The number of esters is 1. The summed E-state index contributed by atoms with van der Waals surface area (Å²) >= 11 is 5.96. The van der Waals surface area contributed by atoms with E-state index in [0.29, 0.717) is 34.6 Å². The van der Waals surface area contributed by atoms with Gasteiger partial charge in [0.1, 0.15) is 0 Å². The molecule has 0 aliphatic carbocycles. The van der Waals surface area contributed by atoms with Crippen molar-refractivity contribution >= 4 is 34.5 Å². The summed E-state index contributed by atoms with van der Waals surface area (Å²) < 4.78 is 7.07. The lowest BCUT2D eigenvalue weighted by molar-refractivity contribution is -0.124. The number of aromatic nitrogens is 3. The van der Waals surface area contributed by atoms with E-state index in [1.807, 2.05) is 45.9 Å². The topological polar surface area (TPSA) is 86.1 Å². The third-order valence-corrected chi connectivity index (χ3v) is 5.08. The molecule has 3 aromatic rings. The van der Waals surface area contributed by atoms with Crippen LogP contribution < -0.4 is 5.32 Å². The van der Waals surface area contributed by atoms with Crippen molar-refractivity contribution in [3.8, 4) is 0 Å². The maximum absolute atomic E-state index is 12.8. The second-order valence-corrected chi connectivity index (χ2v) is 8.41. The minimum Gasteiger partial charge on any atom is -0.452 e. The Labute approximate surface area is 186 Å². The second kappa shape index (κ2) is 9.92. The van der Waals surface area contributed by atoms with E-state index in [9.17, 15) is 9.59 Å². The predicted molar refractivity (Wildman–Crippen MR) is 120 cm³/mol. The summed E-state index contributed by atoms with van der Waals surface area (Å²) in [4.78, 5) is 29.6. The molecule has 1 N–H and O–H groups in total. The minimum atomic E-state index is -0.567. The predicted octanol–water partition coefficient (Wildman–Crippen LogP) is 4.30. The van der Waals surface area contributed by atoms with Gasteiger partial charge in [0.2, 0.25) is 0 Å². The average molecular weight is 443 g/mol. The molecule has 0 aliphatic rings. The van der Waals surface area contributed by atoms with Crippen LogP contribution in [0.25, 0.3) is 11.0 Å². The molecule has 2 aromatic heterocycles. The van der Waals surface area contributed by atoms with E-state index >= 15 is 0 Å². The van der Waals surface area contributed by atoms with Crippen molar-refractivity contribution in [3.05, 3.63) is 58.4 Å². The summed E-state index contributed by atoms with van der Waals surface area (Å²) in [5.41, 5.74) is 2.80. The van der Waals surface area contributed by atoms with Crippen LogP contribution >= 0.6 is 11.6 Å². The number of halogens is 1. The monoisotopic (exact) mass is 442 g/mol. The molecule has 0 bridgehead atoms. The van der Waals surface area contributed by atoms with E-state index in [0.717, 1.165) is 11.3 Å². The van der Waals surface area contributed by atoms with Crippen LogP contribution in [0.4, 0.5) is 0 Å². The number of pyridine rings is 1. The van der Waals surface area contributed by atoms with Crippen LogP contribution in [-0.2, 0) is 16.0 Å². The number of benzene rings is 1. The molecule has 8 heteroatoms. The first-order valence-corrected chi connectivity index (χ1v) is 10.7. The van der Waals surface area contributed by atoms with Gasteiger partial charge in [-0.15, -0.1) is 0 Å². The number of amides is 1. The van der Waals surface area contributed by atoms with Gasteiger partial charge < -0.3 is 10.1 Å². The Morgan fingerprint density at radius 2 is 1.97 bits per heavy atom. The van der Waals surface area contributed by atoms with E-state index in [1.165, 1.54) is 0 Å². The van der Waals surface area contributed by atoms with Crippen molar-refractivity contribution in [1.29, 1.82) is 0 Å². The van der Waals surface area contributed by atoms with Gasteiger partial charge >= 0.3 is 5.97 Å². The van der Waals surface area contributed by atoms with E-state index in [2.05, 4.69) is 15.4 Å². The van der Waals surface area contributed by atoms with Crippen molar-refractivity contribution in [3.63, 3.8) is 0 Å². The summed E-state index contributed by atoms with van der Waals surface area (Å²) in [6, 6.07) is 9.28. The smallest absolute Gasteiger partial charge is 0.339 e. The molecule has 31 heavy (non-hydrogen) atoms. The number of hydrogen-bond donors (Lipinski definition) is 1. The molecule has 0 aliphatic heterocycles. The maximum atomic E-state index is 12.8. The summed E-state index contributed by atoms with van der Waals surface area (Å²) in [5.74, 6) is -0.800. The van der Waals surface area contributed by atoms with Gasteiger partial charge in [0.25, 0.3) is 5.91 Å². The van der Waals surface area contributed by atoms with E-state index in [1.54, 1.807) is 23.0 Å². The molecule has 0 atom stereocenters. The Morgan fingerprint density at radius 1 is 1.19 bits per heavy atom. The first kappa shape index (κ1) is 22.7. The highest BCUT2D eigenvalue weighted by atomic mass is 35.5. The molecule has 1 aromatic carbocycles. The Morgan fingerprint density at radius 3 is 2.65 bits per heavy atom. The highest BCUT2D eigenvalue weighted by Crippen LogP contribution is 2.25. The highest BCUT2D eigenvalue weighted by Gasteiger charge is 2.20. The molecule has 0 unspecified atom stereocenters. The minimum absolute atomic E-state index is 0.0987. The number of hydrogen-bond acceptors (Lipinski definition) is 5. The number of ether oxygens (including phenoxy) is 1. The number of nitrogens with zero attached hydrogens (tertiary/aromatic N) is 3. The van der Waals surface area contributed by atoms with Crippen molar-refractivity contribution < 1.29 is 14.3 Å².